The van der Waals surface area contributed by atoms with Gasteiger partial charge in [0, 0.05) is 50.6 Å². The van der Waals surface area contributed by atoms with Gasteiger partial charge in [-0.25, -0.2) is 9.97 Å². The topological polar surface area (TPSA) is 82.4 Å². The third-order valence-corrected chi connectivity index (χ3v) is 5.11. The first-order valence-corrected chi connectivity index (χ1v) is 9.84. The molecule has 0 unspecified atom stereocenters. The van der Waals surface area contributed by atoms with Crippen molar-refractivity contribution in [3.8, 4) is 0 Å². The molecule has 1 aliphatic heterocycles. The molecule has 1 aliphatic rings. The van der Waals surface area contributed by atoms with Crippen LogP contribution in [0.25, 0.3) is 0 Å². The quantitative estimate of drug-likeness (QED) is 0.646. The average Bonchev–Trinajstić information content (AvgIpc) is 3.20. The van der Waals surface area contributed by atoms with Gasteiger partial charge in [-0.15, -0.1) is 0 Å². The molecule has 3 heterocycles. The maximum Gasteiger partial charge on any atom is 0.272 e. The normalized spacial score (nSPS) is 15.2. The van der Waals surface area contributed by atoms with Crippen molar-refractivity contribution in [2.24, 2.45) is 0 Å². The molecule has 28 heavy (non-hydrogen) atoms. The molecule has 2 aromatic rings. The van der Waals surface area contributed by atoms with Crippen LogP contribution in [0, 0.1) is 6.92 Å². The van der Waals surface area contributed by atoms with Gasteiger partial charge in [0.15, 0.2) is 0 Å². The summed E-state index contributed by atoms with van der Waals surface area (Å²) in [5, 5.41) is 4.21. The number of likely N-dealkylation sites (tertiary alicyclic amines) is 1. The van der Waals surface area contributed by atoms with E-state index in [1.165, 1.54) is 0 Å². The number of nitrogens with zero attached hydrogens (tertiary/aromatic N) is 5. The molecule has 0 atom stereocenters. The van der Waals surface area contributed by atoms with Crippen molar-refractivity contribution >= 4 is 5.91 Å². The van der Waals surface area contributed by atoms with E-state index in [9.17, 15) is 4.79 Å². The summed E-state index contributed by atoms with van der Waals surface area (Å²) in [5.74, 6) is 1.13. The van der Waals surface area contributed by atoms with Crippen molar-refractivity contribution in [2.45, 2.75) is 45.8 Å². The largest absolute Gasteiger partial charge is 0.382 e. The number of methoxy groups -OCH3 is 1. The predicted octanol–water partition coefficient (Wildman–Crippen LogP) is 2.18. The lowest BCUT2D eigenvalue weighted by atomic mass is 9.90. The predicted molar refractivity (Wildman–Crippen MR) is 104 cm³/mol. The molecular formula is C20H29N5O3. The Morgan fingerprint density at radius 2 is 2.07 bits per heavy atom. The van der Waals surface area contributed by atoms with Gasteiger partial charge in [-0.05, 0) is 32.8 Å². The zero-order chi connectivity index (χ0) is 19.9. The van der Waals surface area contributed by atoms with Crippen molar-refractivity contribution in [1.29, 1.82) is 0 Å². The number of amides is 1. The molecule has 0 N–H and O–H groups in total. The van der Waals surface area contributed by atoms with Gasteiger partial charge in [0.1, 0.15) is 11.5 Å². The van der Waals surface area contributed by atoms with Gasteiger partial charge in [0.25, 0.3) is 5.91 Å². The van der Waals surface area contributed by atoms with E-state index in [4.69, 9.17) is 14.5 Å². The van der Waals surface area contributed by atoms with Gasteiger partial charge >= 0.3 is 0 Å². The van der Waals surface area contributed by atoms with E-state index >= 15 is 0 Å². The second kappa shape index (κ2) is 9.75. The maximum atomic E-state index is 12.8. The van der Waals surface area contributed by atoms with Crippen LogP contribution < -0.4 is 0 Å². The van der Waals surface area contributed by atoms with Crippen LogP contribution in [0.1, 0.15) is 53.3 Å². The first kappa shape index (κ1) is 20.4. The Labute approximate surface area is 165 Å². The molecule has 0 radical (unpaired) electrons. The molecule has 3 rings (SSSR count). The molecule has 1 saturated heterocycles. The van der Waals surface area contributed by atoms with E-state index in [2.05, 4.69) is 10.1 Å². The minimum Gasteiger partial charge on any atom is -0.382 e. The van der Waals surface area contributed by atoms with Crippen LogP contribution in [0.3, 0.4) is 0 Å². The number of aryl methyl sites for hydroxylation is 2. The lowest BCUT2D eigenvalue weighted by Gasteiger charge is -2.32. The Morgan fingerprint density at radius 3 is 2.79 bits per heavy atom. The van der Waals surface area contributed by atoms with Crippen LogP contribution in [0.2, 0.25) is 0 Å². The number of carbonyl (C=O) groups is 1. The zero-order valence-electron chi connectivity index (χ0n) is 16.9. The van der Waals surface area contributed by atoms with Crippen molar-refractivity contribution in [2.75, 3.05) is 33.4 Å². The molecule has 0 aliphatic carbocycles. The Bertz CT molecular complexity index is 784. The highest BCUT2D eigenvalue weighted by atomic mass is 16.5. The summed E-state index contributed by atoms with van der Waals surface area (Å²) in [6.45, 7) is 7.61. The number of piperidine rings is 1. The van der Waals surface area contributed by atoms with Gasteiger partial charge < -0.3 is 14.4 Å². The standard InChI is InChI=1S/C20H29N5O3/c1-4-25-18(5-8-22-25)20(26)24-9-6-16(7-10-24)19-17(13-21-15(2)23-19)14-28-12-11-27-3/h5,8,13,16H,4,6-7,9-12,14H2,1-3H3. The summed E-state index contributed by atoms with van der Waals surface area (Å²) in [7, 11) is 1.66. The van der Waals surface area contributed by atoms with E-state index in [0.717, 1.165) is 29.9 Å². The summed E-state index contributed by atoms with van der Waals surface area (Å²) in [6, 6.07) is 1.79. The number of ether oxygens (including phenoxy) is 2. The van der Waals surface area contributed by atoms with Crippen LogP contribution in [0.15, 0.2) is 18.5 Å². The smallest absolute Gasteiger partial charge is 0.272 e. The van der Waals surface area contributed by atoms with Gasteiger partial charge in [0.05, 0.1) is 25.5 Å². The van der Waals surface area contributed by atoms with Crippen LogP contribution in [0.5, 0.6) is 0 Å². The molecule has 0 spiro atoms. The highest BCUT2D eigenvalue weighted by Gasteiger charge is 2.28. The van der Waals surface area contributed by atoms with Crippen LogP contribution in [0.4, 0.5) is 0 Å². The number of rotatable bonds is 8. The molecule has 8 heteroatoms. The monoisotopic (exact) mass is 387 g/mol. The van der Waals surface area contributed by atoms with Crippen molar-refractivity contribution in [1.82, 2.24) is 24.6 Å². The van der Waals surface area contributed by atoms with E-state index in [-0.39, 0.29) is 5.91 Å². The second-order valence-corrected chi connectivity index (χ2v) is 6.97. The first-order chi connectivity index (χ1) is 13.6. The van der Waals surface area contributed by atoms with E-state index in [0.29, 0.717) is 51.1 Å². The second-order valence-electron chi connectivity index (χ2n) is 6.97. The fourth-order valence-electron chi connectivity index (χ4n) is 3.59. The van der Waals surface area contributed by atoms with Gasteiger partial charge in [-0.1, -0.05) is 0 Å². The van der Waals surface area contributed by atoms with Crippen LogP contribution in [-0.4, -0.2) is 64.0 Å². The lowest BCUT2D eigenvalue weighted by Crippen LogP contribution is -2.39. The highest BCUT2D eigenvalue weighted by Crippen LogP contribution is 2.30. The van der Waals surface area contributed by atoms with Gasteiger partial charge in [0.2, 0.25) is 0 Å². The Balaban J connectivity index is 1.64. The Hall–Kier alpha value is -2.32. The van der Waals surface area contributed by atoms with Crippen molar-refractivity contribution in [3.05, 3.63) is 41.2 Å². The fraction of sp³-hybridized carbons (Fsp3) is 0.600. The summed E-state index contributed by atoms with van der Waals surface area (Å²) in [5.41, 5.74) is 2.73. The van der Waals surface area contributed by atoms with Crippen LogP contribution >= 0.6 is 0 Å². The molecule has 0 aromatic carbocycles. The van der Waals surface area contributed by atoms with Crippen LogP contribution in [-0.2, 0) is 22.6 Å². The molecule has 1 fully saturated rings. The maximum absolute atomic E-state index is 12.8. The lowest BCUT2D eigenvalue weighted by molar-refractivity contribution is 0.0603. The average molecular weight is 387 g/mol. The molecule has 0 bridgehead atoms. The third kappa shape index (κ3) is 4.74. The van der Waals surface area contributed by atoms with E-state index in [1.807, 2.05) is 24.9 Å². The van der Waals surface area contributed by atoms with E-state index in [1.54, 1.807) is 24.1 Å². The minimum absolute atomic E-state index is 0.0554. The molecule has 1 amide bonds. The zero-order valence-corrected chi connectivity index (χ0v) is 16.9. The minimum atomic E-state index is 0.0554. The van der Waals surface area contributed by atoms with Gasteiger partial charge in [-0.2, -0.15) is 5.10 Å². The first-order valence-electron chi connectivity index (χ1n) is 9.84. The summed E-state index contributed by atoms with van der Waals surface area (Å²) in [4.78, 5) is 23.8. The molecule has 0 saturated carbocycles. The summed E-state index contributed by atoms with van der Waals surface area (Å²) < 4.78 is 12.5. The third-order valence-electron chi connectivity index (χ3n) is 5.11. The summed E-state index contributed by atoms with van der Waals surface area (Å²) in [6.07, 6.45) is 5.31. The number of aromatic nitrogens is 4. The molecule has 152 valence electrons. The Morgan fingerprint density at radius 1 is 1.29 bits per heavy atom. The van der Waals surface area contributed by atoms with Crippen molar-refractivity contribution in [3.63, 3.8) is 0 Å². The fourth-order valence-corrected chi connectivity index (χ4v) is 3.59. The molecule has 8 nitrogen and oxygen atoms in total. The Kier molecular flexibility index (Phi) is 7.11. The SMILES string of the molecule is CCn1nccc1C(=O)N1CCC(c2nc(C)ncc2COCCOC)CC1. The summed E-state index contributed by atoms with van der Waals surface area (Å²) >= 11 is 0. The van der Waals surface area contributed by atoms with Gasteiger partial charge in [-0.3, -0.25) is 9.48 Å². The van der Waals surface area contributed by atoms with E-state index < -0.39 is 0 Å². The highest BCUT2D eigenvalue weighted by molar-refractivity contribution is 5.92. The number of hydrogen-bond acceptors (Lipinski definition) is 6. The number of carbonyl (C=O) groups excluding carboxylic acids is 1. The number of hydrogen-bond donors (Lipinski definition) is 0. The van der Waals surface area contributed by atoms with Crippen molar-refractivity contribution < 1.29 is 14.3 Å². The molecule has 2 aromatic heterocycles. The molecular weight excluding hydrogens is 358 g/mol.